The summed E-state index contributed by atoms with van der Waals surface area (Å²) in [6.07, 6.45) is 1.21. The van der Waals surface area contributed by atoms with Crippen LogP contribution in [0.15, 0.2) is 46.8 Å². The molecule has 0 saturated carbocycles. The van der Waals surface area contributed by atoms with Gasteiger partial charge in [-0.3, -0.25) is 4.79 Å². The van der Waals surface area contributed by atoms with Crippen molar-refractivity contribution in [1.29, 1.82) is 0 Å². The second-order valence-electron chi connectivity index (χ2n) is 7.89. The first-order valence-corrected chi connectivity index (χ1v) is 9.33. The monoisotopic (exact) mass is 369 g/mol. The number of dihydropyridines is 1. The molecule has 0 radical (unpaired) electrons. The molecule has 0 fully saturated rings. The van der Waals surface area contributed by atoms with Gasteiger partial charge in [-0.05, 0) is 31.7 Å². The number of allylic oxidation sites excluding steroid dienone is 3. The lowest BCUT2D eigenvalue weighted by Crippen LogP contribution is -2.38. The molecule has 1 aliphatic heterocycles. The lowest BCUT2D eigenvalue weighted by Gasteiger charge is -2.39. The van der Waals surface area contributed by atoms with Crippen molar-refractivity contribution in [2.45, 2.75) is 46.5 Å². The Labute approximate surface area is 160 Å². The molecule has 1 N–H and O–H groups in total. The SMILES string of the molecule is CCOC(=O)C1=C(C)NC2=C(C(=O)CC(C)(C)C2)[C@@H]1c1ccccc1OC. The van der Waals surface area contributed by atoms with E-state index < -0.39 is 11.9 Å². The Morgan fingerprint density at radius 2 is 1.96 bits per heavy atom. The van der Waals surface area contributed by atoms with Crippen LogP contribution in [0.5, 0.6) is 5.75 Å². The summed E-state index contributed by atoms with van der Waals surface area (Å²) in [5, 5.41) is 3.33. The molecule has 1 heterocycles. The molecule has 0 bridgehead atoms. The fraction of sp³-hybridized carbons (Fsp3) is 0.455. The van der Waals surface area contributed by atoms with Gasteiger partial charge in [0.25, 0.3) is 0 Å². The molecular weight excluding hydrogens is 342 g/mol. The number of nitrogens with one attached hydrogen (secondary N) is 1. The minimum Gasteiger partial charge on any atom is -0.496 e. The molecule has 5 heteroatoms. The van der Waals surface area contributed by atoms with Crippen LogP contribution < -0.4 is 10.1 Å². The van der Waals surface area contributed by atoms with Gasteiger partial charge in [-0.2, -0.15) is 0 Å². The quantitative estimate of drug-likeness (QED) is 0.817. The van der Waals surface area contributed by atoms with E-state index in [1.54, 1.807) is 14.0 Å². The highest BCUT2D eigenvalue weighted by Gasteiger charge is 2.43. The number of carbonyl (C=O) groups is 2. The van der Waals surface area contributed by atoms with Crippen LogP contribution in [0.4, 0.5) is 0 Å². The number of hydrogen-bond acceptors (Lipinski definition) is 5. The minimum absolute atomic E-state index is 0.0685. The third-order valence-corrected chi connectivity index (χ3v) is 5.18. The molecule has 144 valence electrons. The van der Waals surface area contributed by atoms with Gasteiger partial charge in [0, 0.05) is 29.0 Å². The van der Waals surface area contributed by atoms with E-state index in [9.17, 15) is 9.59 Å². The molecule has 0 saturated heterocycles. The van der Waals surface area contributed by atoms with E-state index in [0.29, 0.717) is 23.3 Å². The first-order valence-electron chi connectivity index (χ1n) is 9.33. The van der Waals surface area contributed by atoms with E-state index >= 15 is 0 Å². The van der Waals surface area contributed by atoms with Gasteiger partial charge >= 0.3 is 5.97 Å². The van der Waals surface area contributed by atoms with Crippen molar-refractivity contribution < 1.29 is 19.1 Å². The molecular formula is C22H27NO4. The highest BCUT2D eigenvalue weighted by molar-refractivity contribution is 6.04. The topological polar surface area (TPSA) is 64.6 Å². The zero-order valence-corrected chi connectivity index (χ0v) is 16.6. The van der Waals surface area contributed by atoms with Gasteiger partial charge < -0.3 is 14.8 Å². The average molecular weight is 369 g/mol. The average Bonchev–Trinajstić information content (AvgIpc) is 2.59. The Bertz CT molecular complexity index is 848. The number of carbonyl (C=O) groups excluding carboxylic acids is 2. The smallest absolute Gasteiger partial charge is 0.336 e. The molecule has 1 aliphatic carbocycles. The highest BCUT2D eigenvalue weighted by Crippen LogP contribution is 2.48. The van der Waals surface area contributed by atoms with Gasteiger partial charge in [0.2, 0.25) is 0 Å². The standard InChI is InChI=1S/C22H27NO4/c1-6-27-21(25)18-13(2)23-15-11-22(3,4)12-16(24)20(15)19(18)14-9-7-8-10-17(14)26-5/h7-10,19,23H,6,11-12H2,1-5H3/t19-/m1/s1. The molecule has 0 aromatic heterocycles. The Morgan fingerprint density at radius 3 is 2.63 bits per heavy atom. The van der Waals surface area contributed by atoms with Crippen molar-refractivity contribution in [2.75, 3.05) is 13.7 Å². The fourth-order valence-electron chi connectivity index (χ4n) is 4.13. The molecule has 0 unspecified atom stereocenters. The van der Waals surface area contributed by atoms with Crippen molar-refractivity contribution in [3.8, 4) is 5.75 Å². The summed E-state index contributed by atoms with van der Waals surface area (Å²) in [5.74, 6) is -0.162. The summed E-state index contributed by atoms with van der Waals surface area (Å²) in [5.41, 5.74) is 3.46. The number of methoxy groups -OCH3 is 1. The Hall–Kier alpha value is -2.56. The zero-order valence-electron chi connectivity index (χ0n) is 16.6. The molecule has 1 atom stereocenters. The first kappa shape index (κ1) is 19.2. The molecule has 1 aromatic rings. The molecule has 3 rings (SSSR count). The minimum atomic E-state index is -0.486. The van der Waals surface area contributed by atoms with E-state index in [0.717, 1.165) is 23.4 Å². The number of para-hydroxylation sites is 1. The van der Waals surface area contributed by atoms with Crippen molar-refractivity contribution in [3.05, 3.63) is 52.4 Å². The lowest BCUT2D eigenvalue weighted by atomic mass is 9.68. The largest absolute Gasteiger partial charge is 0.496 e. The number of ketones is 1. The van der Waals surface area contributed by atoms with E-state index in [4.69, 9.17) is 9.47 Å². The Kier molecular flexibility index (Phi) is 5.13. The van der Waals surface area contributed by atoms with Crippen LogP contribution in [0.3, 0.4) is 0 Å². The summed E-state index contributed by atoms with van der Waals surface area (Å²) >= 11 is 0. The van der Waals surface area contributed by atoms with Crippen LogP contribution in [-0.4, -0.2) is 25.5 Å². The van der Waals surface area contributed by atoms with Gasteiger partial charge in [-0.15, -0.1) is 0 Å². The summed E-state index contributed by atoms with van der Waals surface area (Å²) < 4.78 is 10.9. The van der Waals surface area contributed by atoms with Crippen molar-refractivity contribution >= 4 is 11.8 Å². The van der Waals surface area contributed by atoms with E-state index in [2.05, 4.69) is 19.2 Å². The molecule has 0 spiro atoms. The maximum atomic E-state index is 13.1. The highest BCUT2D eigenvalue weighted by atomic mass is 16.5. The number of rotatable bonds is 4. The normalized spacial score (nSPS) is 21.5. The molecule has 5 nitrogen and oxygen atoms in total. The van der Waals surface area contributed by atoms with Crippen LogP contribution in [0.2, 0.25) is 0 Å². The number of esters is 1. The first-order chi connectivity index (χ1) is 12.8. The second-order valence-corrected chi connectivity index (χ2v) is 7.89. The number of benzene rings is 1. The maximum absolute atomic E-state index is 13.1. The second kappa shape index (κ2) is 7.22. The summed E-state index contributed by atoms with van der Waals surface area (Å²) in [6, 6.07) is 7.55. The fourth-order valence-corrected chi connectivity index (χ4v) is 4.13. The Balaban J connectivity index is 2.22. The van der Waals surface area contributed by atoms with E-state index in [-0.39, 0.29) is 17.8 Å². The van der Waals surface area contributed by atoms with Crippen LogP contribution in [0.1, 0.15) is 52.0 Å². The number of Topliss-reactive ketones (excluding diaryl/α,β-unsaturated/α-hetero) is 1. The molecule has 0 amide bonds. The summed E-state index contributed by atoms with van der Waals surface area (Å²) in [4.78, 5) is 26.0. The van der Waals surface area contributed by atoms with E-state index in [1.165, 1.54) is 0 Å². The molecule has 1 aromatic carbocycles. The molecule has 27 heavy (non-hydrogen) atoms. The number of hydrogen-bond donors (Lipinski definition) is 1. The van der Waals surface area contributed by atoms with Crippen molar-refractivity contribution in [1.82, 2.24) is 5.32 Å². The van der Waals surface area contributed by atoms with E-state index in [1.807, 2.05) is 31.2 Å². The van der Waals surface area contributed by atoms with Crippen molar-refractivity contribution in [2.24, 2.45) is 5.41 Å². The van der Waals surface area contributed by atoms with Crippen LogP contribution >= 0.6 is 0 Å². The predicted octanol–water partition coefficient (Wildman–Crippen LogP) is 3.86. The summed E-state index contributed by atoms with van der Waals surface area (Å²) in [6.45, 7) is 8.11. The van der Waals surface area contributed by atoms with Gasteiger partial charge in [-0.1, -0.05) is 32.0 Å². The third-order valence-electron chi connectivity index (χ3n) is 5.18. The summed E-state index contributed by atoms with van der Waals surface area (Å²) in [7, 11) is 1.60. The van der Waals surface area contributed by atoms with Crippen LogP contribution in [-0.2, 0) is 14.3 Å². The molecule has 2 aliphatic rings. The van der Waals surface area contributed by atoms with Crippen LogP contribution in [0, 0.1) is 5.41 Å². The zero-order chi connectivity index (χ0) is 19.8. The van der Waals surface area contributed by atoms with Gasteiger partial charge in [0.15, 0.2) is 5.78 Å². The van der Waals surface area contributed by atoms with Crippen molar-refractivity contribution in [3.63, 3.8) is 0 Å². The maximum Gasteiger partial charge on any atom is 0.336 e. The van der Waals surface area contributed by atoms with Gasteiger partial charge in [0.1, 0.15) is 5.75 Å². The van der Waals surface area contributed by atoms with Gasteiger partial charge in [0.05, 0.1) is 25.2 Å². The van der Waals surface area contributed by atoms with Gasteiger partial charge in [-0.25, -0.2) is 4.79 Å². The predicted molar refractivity (Wildman–Crippen MR) is 103 cm³/mol. The lowest BCUT2D eigenvalue weighted by molar-refractivity contribution is -0.138. The number of ether oxygens (including phenoxy) is 2. The Morgan fingerprint density at radius 1 is 1.26 bits per heavy atom. The van der Waals surface area contributed by atoms with Crippen LogP contribution in [0.25, 0.3) is 0 Å². The third kappa shape index (κ3) is 3.51.